The summed E-state index contributed by atoms with van der Waals surface area (Å²) in [5.74, 6) is -2.12. The van der Waals surface area contributed by atoms with Crippen LogP contribution in [0.1, 0.15) is 60.2 Å². The van der Waals surface area contributed by atoms with Crippen LogP contribution in [0.25, 0.3) is 0 Å². The average Bonchev–Trinajstić information content (AvgIpc) is 3.58. The summed E-state index contributed by atoms with van der Waals surface area (Å²) in [4.78, 5) is 48.4. The molecular weight excluding hydrogens is 364 g/mol. The molecule has 2 amide bonds. The van der Waals surface area contributed by atoms with E-state index in [0.717, 1.165) is 25.7 Å². The summed E-state index contributed by atoms with van der Waals surface area (Å²) < 4.78 is 10.3. The molecule has 0 aliphatic heterocycles. The van der Waals surface area contributed by atoms with Gasteiger partial charge in [0.25, 0.3) is 11.8 Å². The monoisotopic (exact) mass is 388 g/mol. The molecule has 3 rings (SSSR count). The molecular formula is C20H24N2O6. The number of carbonyl (C=O) groups excluding carboxylic acids is 4. The first-order chi connectivity index (χ1) is 13.3. The highest BCUT2D eigenvalue weighted by atomic mass is 16.6. The van der Waals surface area contributed by atoms with Gasteiger partial charge in [0.2, 0.25) is 0 Å². The molecule has 2 fully saturated rings. The lowest BCUT2D eigenvalue weighted by Crippen LogP contribution is -2.37. The third-order valence-corrected chi connectivity index (χ3v) is 4.49. The van der Waals surface area contributed by atoms with Crippen LogP contribution in [-0.2, 0) is 19.1 Å². The van der Waals surface area contributed by atoms with Gasteiger partial charge >= 0.3 is 11.9 Å². The Hall–Kier alpha value is -2.90. The Kier molecular flexibility index (Phi) is 5.96. The number of ether oxygens (including phenoxy) is 2. The van der Waals surface area contributed by atoms with Crippen LogP contribution in [0.5, 0.6) is 0 Å². The topological polar surface area (TPSA) is 111 Å². The zero-order chi connectivity index (χ0) is 20.3. The first-order valence-corrected chi connectivity index (χ1v) is 9.46. The third-order valence-electron chi connectivity index (χ3n) is 4.49. The number of hydrogen-bond acceptors (Lipinski definition) is 6. The SMILES string of the molecule is C[C@H](OC(=O)c1cccc(C(=O)O[C@@H](C)C(=O)NC2CC2)c1)C(=O)NC1CC1. The van der Waals surface area contributed by atoms with E-state index in [9.17, 15) is 19.2 Å². The van der Waals surface area contributed by atoms with E-state index in [2.05, 4.69) is 10.6 Å². The fourth-order valence-electron chi connectivity index (χ4n) is 2.43. The summed E-state index contributed by atoms with van der Waals surface area (Å²) in [6, 6.07) is 6.14. The Labute approximate surface area is 163 Å². The van der Waals surface area contributed by atoms with Crippen molar-refractivity contribution in [2.45, 2.75) is 63.8 Å². The van der Waals surface area contributed by atoms with E-state index >= 15 is 0 Å². The second-order valence-electron chi connectivity index (χ2n) is 7.24. The summed E-state index contributed by atoms with van der Waals surface area (Å²) in [7, 11) is 0. The molecule has 8 heteroatoms. The third kappa shape index (κ3) is 5.55. The first-order valence-electron chi connectivity index (χ1n) is 9.46. The van der Waals surface area contributed by atoms with E-state index in [-0.39, 0.29) is 35.0 Å². The van der Waals surface area contributed by atoms with Crippen LogP contribution in [0.3, 0.4) is 0 Å². The highest BCUT2D eigenvalue weighted by molar-refractivity contribution is 5.97. The molecule has 8 nitrogen and oxygen atoms in total. The van der Waals surface area contributed by atoms with Crippen molar-refractivity contribution in [3.63, 3.8) is 0 Å². The van der Waals surface area contributed by atoms with E-state index < -0.39 is 24.1 Å². The van der Waals surface area contributed by atoms with Gasteiger partial charge in [-0.05, 0) is 57.7 Å². The van der Waals surface area contributed by atoms with E-state index in [1.165, 1.54) is 38.1 Å². The fraction of sp³-hybridized carbons (Fsp3) is 0.500. The lowest BCUT2D eigenvalue weighted by atomic mass is 10.1. The maximum Gasteiger partial charge on any atom is 0.338 e. The van der Waals surface area contributed by atoms with Crippen LogP contribution >= 0.6 is 0 Å². The van der Waals surface area contributed by atoms with Crippen molar-refractivity contribution in [3.8, 4) is 0 Å². The largest absolute Gasteiger partial charge is 0.449 e. The first kappa shape index (κ1) is 19.9. The van der Waals surface area contributed by atoms with Gasteiger partial charge in [0.15, 0.2) is 12.2 Å². The zero-order valence-corrected chi connectivity index (χ0v) is 15.9. The van der Waals surface area contributed by atoms with Crippen molar-refractivity contribution >= 4 is 23.8 Å². The van der Waals surface area contributed by atoms with Gasteiger partial charge in [-0.25, -0.2) is 9.59 Å². The summed E-state index contributed by atoms with van der Waals surface area (Å²) in [6.45, 7) is 2.99. The Balaban J connectivity index is 1.55. The summed E-state index contributed by atoms with van der Waals surface area (Å²) in [6.07, 6.45) is 1.88. The number of benzene rings is 1. The Bertz CT molecular complexity index is 723. The standard InChI is InChI=1S/C20H24N2O6/c1-11(17(23)21-15-6-7-15)27-19(25)13-4-3-5-14(10-13)20(26)28-12(2)18(24)22-16-8-9-16/h3-5,10-12,15-16H,6-9H2,1-2H3,(H,21,23)(H,22,24)/t11-,12-/m0/s1. The molecule has 150 valence electrons. The van der Waals surface area contributed by atoms with Crippen LogP contribution in [0, 0.1) is 0 Å². The molecule has 0 saturated heterocycles. The smallest absolute Gasteiger partial charge is 0.338 e. The molecule has 2 aliphatic carbocycles. The molecule has 1 aromatic rings. The number of carbonyl (C=O) groups is 4. The number of hydrogen-bond donors (Lipinski definition) is 2. The van der Waals surface area contributed by atoms with Crippen molar-refractivity contribution in [1.82, 2.24) is 10.6 Å². The van der Waals surface area contributed by atoms with Gasteiger partial charge in [-0.3, -0.25) is 9.59 Å². The molecule has 2 atom stereocenters. The minimum atomic E-state index is -0.935. The molecule has 28 heavy (non-hydrogen) atoms. The Morgan fingerprint density at radius 3 is 1.57 bits per heavy atom. The summed E-state index contributed by atoms with van der Waals surface area (Å²) >= 11 is 0. The summed E-state index contributed by atoms with van der Waals surface area (Å²) in [5.41, 5.74) is 0.242. The molecule has 0 unspecified atom stereocenters. The molecule has 0 spiro atoms. The maximum absolute atomic E-state index is 12.3. The fourth-order valence-corrected chi connectivity index (χ4v) is 2.43. The Morgan fingerprint density at radius 2 is 1.21 bits per heavy atom. The second-order valence-corrected chi connectivity index (χ2v) is 7.24. The maximum atomic E-state index is 12.3. The van der Waals surface area contributed by atoms with E-state index in [1.807, 2.05) is 0 Å². The highest BCUT2D eigenvalue weighted by Crippen LogP contribution is 2.20. The highest BCUT2D eigenvalue weighted by Gasteiger charge is 2.29. The molecule has 2 N–H and O–H groups in total. The normalized spacial score (nSPS) is 17.8. The molecule has 0 bridgehead atoms. The molecule has 1 aromatic carbocycles. The van der Waals surface area contributed by atoms with E-state index in [1.54, 1.807) is 0 Å². The molecule has 0 aromatic heterocycles. The number of esters is 2. The van der Waals surface area contributed by atoms with E-state index in [0.29, 0.717) is 0 Å². The van der Waals surface area contributed by atoms with Gasteiger partial charge in [0.05, 0.1) is 11.1 Å². The van der Waals surface area contributed by atoms with Crippen LogP contribution in [0.2, 0.25) is 0 Å². The predicted octanol–water partition coefficient (Wildman–Crippen LogP) is 1.33. The van der Waals surface area contributed by atoms with Gasteiger partial charge in [0.1, 0.15) is 0 Å². The molecule has 0 heterocycles. The van der Waals surface area contributed by atoms with Gasteiger partial charge in [-0.1, -0.05) is 6.07 Å². The van der Waals surface area contributed by atoms with Gasteiger partial charge < -0.3 is 20.1 Å². The minimum absolute atomic E-state index is 0.121. The number of rotatable bonds is 8. The quantitative estimate of drug-likeness (QED) is 0.650. The van der Waals surface area contributed by atoms with Crippen molar-refractivity contribution in [2.24, 2.45) is 0 Å². The van der Waals surface area contributed by atoms with Crippen molar-refractivity contribution < 1.29 is 28.7 Å². The molecule has 2 aliphatic rings. The summed E-state index contributed by atoms with van der Waals surface area (Å²) in [5, 5.41) is 5.52. The molecule has 0 radical (unpaired) electrons. The number of nitrogens with one attached hydrogen (secondary N) is 2. The van der Waals surface area contributed by atoms with Gasteiger partial charge in [-0.2, -0.15) is 0 Å². The van der Waals surface area contributed by atoms with Crippen molar-refractivity contribution in [2.75, 3.05) is 0 Å². The lowest BCUT2D eigenvalue weighted by Gasteiger charge is -2.14. The van der Waals surface area contributed by atoms with Gasteiger partial charge in [0, 0.05) is 12.1 Å². The second kappa shape index (κ2) is 8.41. The minimum Gasteiger partial charge on any atom is -0.449 e. The van der Waals surface area contributed by atoms with Gasteiger partial charge in [-0.15, -0.1) is 0 Å². The molecule has 2 saturated carbocycles. The Morgan fingerprint density at radius 1 is 0.821 bits per heavy atom. The number of amides is 2. The van der Waals surface area contributed by atoms with Crippen LogP contribution in [-0.4, -0.2) is 48.0 Å². The van der Waals surface area contributed by atoms with Crippen LogP contribution in [0.15, 0.2) is 24.3 Å². The predicted molar refractivity (Wildman–Crippen MR) is 98.5 cm³/mol. The lowest BCUT2D eigenvalue weighted by molar-refractivity contribution is -0.129. The zero-order valence-electron chi connectivity index (χ0n) is 15.9. The van der Waals surface area contributed by atoms with E-state index in [4.69, 9.17) is 9.47 Å². The van der Waals surface area contributed by atoms with Crippen molar-refractivity contribution in [3.05, 3.63) is 35.4 Å². The average molecular weight is 388 g/mol. The van der Waals surface area contributed by atoms with Crippen LogP contribution < -0.4 is 10.6 Å². The van der Waals surface area contributed by atoms with Crippen LogP contribution in [0.4, 0.5) is 0 Å². The van der Waals surface area contributed by atoms with Crippen molar-refractivity contribution in [1.29, 1.82) is 0 Å².